The number of ether oxygens (including phenoxy) is 1. The Morgan fingerprint density at radius 3 is 2.50 bits per heavy atom. The van der Waals surface area contributed by atoms with Gasteiger partial charge >= 0.3 is 5.97 Å². The number of nitrogens with zero attached hydrogens (tertiary/aromatic N) is 1. The fourth-order valence-electron chi connectivity index (χ4n) is 2.45. The van der Waals surface area contributed by atoms with E-state index in [-0.39, 0.29) is 22.6 Å². The van der Waals surface area contributed by atoms with Crippen molar-refractivity contribution in [2.75, 3.05) is 0 Å². The first-order chi connectivity index (χ1) is 11.7. The van der Waals surface area contributed by atoms with Crippen molar-refractivity contribution in [3.63, 3.8) is 0 Å². The molecule has 1 aliphatic heterocycles. The Kier molecular flexibility index (Phi) is 3.31. The molecule has 1 aromatic heterocycles. The Bertz CT molecular complexity index is 1060. The van der Waals surface area contributed by atoms with Crippen molar-refractivity contribution in [1.29, 1.82) is 0 Å². The van der Waals surface area contributed by atoms with Gasteiger partial charge in [0.2, 0.25) is 5.90 Å². The number of fused-ring (bicyclic) bond motifs is 1. The summed E-state index contributed by atoms with van der Waals surface area (Å²) in [5, 5.41) is 0.450. The van der Waals surface area contributed by atoms with Crippen molar-refractivity contribution in [3.8, 4) is 0 Å². The molecule has 2 aromatic carbocycles. The number of esters is 1. The van der Waals surface area contributed by atoms with Crippen LogP contribution in [0.5, 0.6) is 0 Å². The molecule has 0 aliphatic carbocycles. The van der Waals surface area contributed by atoms with Gasteiger partial charge in [0.25, 0.3) is 0 Å². The SMILES string of the molecule is O=C1OC(c2ccccc2)=N/C1=C\c1coc2ccccc2c1=O. The van der Waals surface area contributed by atoms with Crippen molar-refractivity contribution >= 4 is 28.9 Å². The number of cyclic esters (lactones) is 1. The van der Waals surface area contributed by atoms with Crippen LogP contribution in [0.4, 0.5) is 0 Å². The Labute approximate surface area is 136 Å². The highest BCUT2D eigenvalue weighted by atomic mass is 16.6. The topological polar surface area (TPSA) is 68.9 Å². The molecule has 2 heterocycles. The van der Waals surface area contributed by atoms with E-state index < -0.39 is 5.97 Å². The van der Waals surface area contributed by atoms with Crippen LogP contribution < -0.4 is 5.43 Å². The minimum Gasteiger partial charge on any atom is -0.463 e. The van der Waals surface area contributed by atoms with Crippen molar-refractivity contribution in [1.82, 2.24) is 0 Å². The first kappa shape index (κ1) is 14.1. The number of hydrogen-bond acceptors (Lipinski definition) is 5. The molecule has 0 radical (unpaired) electrons. The second kappa shape index (κ2) is 5.62. The van der Waals surface area contributed by atoms with E-state index in [1.54, 1.807) is 36.4 Å². The highest BCUT2D eigenvalue weighted by molar-refractivity contribution is 6.12. The fraction of sp³-hybridized carbons (Fsp3) is 0. The van der Waals surface area contributed by atoms with Crippen LogP contribution >= 0.6 is 0 Å². The van der Waals surface area contributed by atoms with Crippen LogP contribution in [0.3, 0.4) is 0 Å². The van der Waals surface area contributed by atoms with E-state index in [1.807, 2.05) is 18.2 Å². The van der Waals surface area contributed by atoms with E-state index in [0.29, 0.717) is 16.5 Å². The number of rotatable bonds is 2. The van der Waals surface area contributed by atoms with E-state index in [4.69, 9.17) is 9.15 Å². The smallest absolute Gasteiger partial charge is 0.363 e. The quantitative estimate of drug-likeness (QED) is 0.538. The highest BCUT2D eigenvalue weighted by Crippen LogP contribution is 2.19. The molecule has 0 saturated carbocycles. The number of aliphatic imine (C=N–C) groups is 1. The maximum atomic E-state index is 12.5. The van der Waals surface area contributed by atoms with Crippen LogP contribution in [0.25, 0.3) is 17.0 Å². The predicted octanol–water partition coefficient (Wildman–Crippen LogP) is 3.14. The maximum Gasteiger partial charge on any atom is 0.363 e. The van der Waals surface area contributed by atoms with Crippen LogP contribution in [0.2, 0.25) is 0 Å². The summed E-state index contributed by atoms with van der Waals surface area (Å²) in [4.78, 5) is 28.6. The summed E-state index contributed by atoms with van der Waals surface area (Å²) in [7, 11) is 0. The molecule has 0 N–H and O–H groups in total. The zero-order chi connectivity index (χ0) is 16.5. The Morgan fingerprint density at radius 2 is 1.67 bits per heavy atom. The summed E-state index contributed by atoms with van der Waals surface area (Å²) in [6.07, 6.45) is 2.71. The molecule has 1 aliphatic rings. The van der Waals surface area contributed by atoms with Gasteiger partial charge in [-0.15, -0.1) is 0 Å². The minimum atomic E-state index is -0.596. The van der Waals surface area contributed by atoms with E-state index in [9.17, 15) is 9.59 Å². The molecule has 3 aromatic rings. The Balaban J connectivity index is 1.79. The van der Waals surface area contributed by atoms with E-state index in [1.165, 1.54) is 12.3 Å². The van der Waals surface area contributed by atoms with Gasteiger partial charge in [0.15, 0.2) is 11.1 Å². The van der Waals surface area contributed by atoms with E-state index in [0.717, 1.165) is 0 Å². The fourth-order valence-corrected chi connectivity index (χ4v) is 2.45. The summed E-state index contributed by atoms with van der Waals surface area (Å²) in [6.45, 7) is 0. The zero-order valence-electron chi connectivity index (χ0n) is 12.4. The first-order valence-electron chi connectivity index (χ1n) is 7.31. The van der Waals surface area contributed by atoms with E-state index in [2.05, 4.69) is 4.99 Å². The Morgan fingerprint density at radius 1 is 0.917 bits per heavy atom. The normalized spacial score (nSPS) is 15.6. The maximum absolute atomic E-state index is 12.5. The van der Waals surface area contributed by atoms with Gasteiger partial charge in [0.1, 0.15) is 11.8 Å². The molecule has 116 valence electrons. The lowest BCUT2D eigenvalue weighted by atomic mass is 10.1. The van der Waals surface area contributed by atoms with Crippen LogP contribution in [-0.4, -0.2) is 11.9 Å². The molecule has 0 atom stereocenters. The molecular weight excluding hydrogens is 306 g/mol. The summed E-state index contributed by atoms with van der Waals surface area (Å²) in [5.74, 6) is -0.376. The molecule has 0 spiro atoms. The molecule has 0 amide bonds. The number of carbonyl (C=O) groups is 1. The summed E-state index contributed by atoms with van der Waals surface area (Å²) >= 11 is 0. The largest absolute Gasteiger partial charge is 0.463 e. The number of carbonyl (C=O) groups excluding carboxylic acids is 1. The number of benzene rings is 2. The monoisotopic (exact) mass is 317 g/mol. The third-order valence-corrected chi connectivity index (χ3v) is 3.64. The molecule has 0 saturated heterocycles. The first-order valence-corrected chi connectivity index (χ1v) is 7.31. The minimum absolute atomic E-state index is 0.0661. The van der Waals surface area contributed by atoms with Gasteiger partial charge in [-0.25, -0.2) is 9.79 Å². The van der Waals surface area contributed by atoms with Gasteiger partial charge in [0, 0.05) is 5.56 Å². The molecule has 0 fully saturated rings. The van der Waals surface area contributed by atoms with Crippen molar-refractivity contribution in [2.24, 2.45) is 4.99 Å². The molecule has 5 nitrogen and oxygen atoms in total. The molecule has 4 rings (SSSR count). The standard InChI is InChI=1S/C19H11NO4/c21-17-13(11-23-16-9-5-4-8-14(16)17)10-15-19(22)24-18(20-15)12-6-2-1-3-7-12/h1-11H/b15-10-. The van der Waals surface area contributed by atoms with Gasteiger partial charge < -0.3 is 9.15 Å². The van der Waals surface area contributed by atoms with Crippen molar-refractivity contribution in [2.45, 2.75) is 0 Å². The lowest BCUT2D eigenvalue weighted by Gasteiger charge is -1.98. The Hall–Kier alpha value is -3.47. The van der Waals surface area contributed by atoms with E-state index >= 15 is 0 Å². The lowest BCUT2D eigenvalue weighted by molar-refractivity contribution is -0.129. The summed E-state index contributed by atoms with van der Waals surface area (Å²) in [5.41, 5.74) is 1.28. The molecule has 0 unspecified atom stereocenters. The number of para-hydroxylation sites is 1. The molecular formula is C19H11NO4. The predicted molar refractivity (Wildman–Crippen MR) is 89.5 cm³/mol. The van der Waals surface area contributed by atoms with Gasteiger partial charge in [-0.05, 0) is 30.3 Å². The van der Waals surface area contributed by atoms with Crippen LogP contribution in [0.15, 0.2) is 80.8 Å². The summed E-state index contributed by atoms with van der Waals surface area (Å²) < 4.78 is 10.6. The molecule has 24 heavy (non-hydrogen) atoms. The highest BCUT2D eigenvalue weighted by Gasteiger charge is 2.24. The average Bonchev–Trinajstić information content (AvgIpc) is 2.99. The van der Waals surface area contributed by atoms with Crippen molar-refractivity contribution < 1.29 is 13.9 Å². The lowest BCUT2D eigenvalue weighted by Crippen LogP contribution is -2.07. The second-order valence-electron chi connectivity index (χ2n) is 5.22. The number of hydrogen-bond donors (Lipinski definition) is 0. The third-order valence-electron chi connectivity index (χ3n) is 3.64. The van der Waals surface area contributed by atoms with Gasteiger partial charge in [0.05, 0.1) is 10.9 Å². The summed E-state index contributed by atoms with van der Waals surface area (Å²) in [6, 6.07) is 16.0. The van der Waals surface area contributed by atoms with Crippen molar-refractivity contribution in [3.05, 3.63) is 87.9 Å². The molecule has 0 bridgehead atoms. The van der Waals surface area contributed by atoms with Gasteiger partial charge in [-0.1, -0.05) is 30.3 Å². The zero-order valence-corrected chi connectivity index (χ0v) is 12.4. The van der Waals surface area contributed by atoms with Crippen LogP contribution in [0, 0.1) is 0 Å². The van der Waals surface area contributed by atoms with Crippen LogP contribution in [-0.2, 0) is 9.53 Å². The van der Waals surface area contributed by atoms with Gasteiger partial charge in [-0.3, -0.25) is 4.79 Å². The molecule has 5 heteroatoms. The van der Waals surface area contributed by atoms with Gasteiger partial charge in [-0.2, -0.15) is 0 Å². The van der Waals surface area contributed by atoms with Crippen LogP contribution in [0.1, 0.15) is 11.1 Å². The third kappa shape index (κ3) is 2.42. The second-order valence-corrected chi connectivity index (χ2v) is 5.22. The average molecular weight is 317 g/mol.